The minimum Gasteiger partial charge on any atom is -0.316 e. The third-order valence-electron chi connectivity index (χ3n) is 2.92. The van der Waals surface area contributed by atoms with Crippen LogP contribution in [0.2, 0.25) is 5.02 Å². The van der Waals surface area contributed by atoms with Gasteiger partial charge in [-0.25, -0.2) is 0 Å². The van der Waals surface area contributed by atoms with Gasteiger partial charge in [-0.3, -0.25) is 0 Å². The van der Waals surface area contributed by atoms with E-state index in [0.29, 0.717) is 0 Å². The standard InChI is InChI=1S/C14H23ClN2/c1-4-16-9-10-17-11-14(2,3)12-5-7-13(15)8-6-12/h5-8,16-17H,4,9-11H2,1-3H3. The highest BCUT2D eigenvalue weighted by molar-refractivity contribution is 6.30. The van der Waals surface area contributed by atoms with Gasteiger partial charge in [0.05, 0.1) is 0 Å². The lowest BCUT2D eigenvalue weighted by molar-refractivity contribution is 0.466. The first kappa shape index (κ1) is 14.5. The van der Waals surface area contributed by atoms with Crippen LogP contribution in [-0.4, -0.2) is 26.2 Å². The van der Waals surface area contributed by atoms with Crippen molar-refractivity contribution >= 4 is 11.6 Å². The topological polar surface area (TPSA) is 24.1 Å². The van der Waals surface area contributed by atoms with Crippen LogP contribution in [0, 0.1) is 0 Å². The van der Waals surface area contributed by atoms with Gasteiger partial charge in [-0.05, 0) is 24.2 Å². The maximum absolute atomic E-state index is 5.90. The van der Waals surface area contributed by atoms with Crippen LogP contribution in [0.15, 0.2) is 24.3 Å². The number of halogens is 1. The van der Waals surface area contributed by atoms with Gasteiger partial charge in [0.15, 0.2) is 0 Å². The summed E-state index contributed by atoms with van der Waals surface area (Å²) in [4.78, 5) is 0. The van der Waals surface area contributed by atoms with Crippen LogP contribution in [0.1, 0.15) is 26.3 Å². The Hall–Kier alpha value is -0.570. The molecular formula is C14H23ClN2. The van der Waals surface area contributed by atoms with E-state index in [1.165, 1.54) is 5.56 Å². The Morgan fingerprint density at radius 3 is 2.24 bits per heavy atom. The molecule has 0 heterocycles. The quantitative estimate of drug-likeness (QED) is 0.732. The number of likely N-dealkylation sites (N-methyl/N-ethyl adjacent to an activating group) is 1. The van der Waals surface area contributed by atoms with Gasteiger partial charge < -0.3 is 10.6 Å². The molecule has 0 radical (unpaired) electrons. The minimum absolute atomic E-state index is 0.136. The molecule has 0 aliphatic carbocycles. The second-order valence-electron chi connectivity index (χ2n) is 4.92. The van der Waals surface area contributed by atoms with E-state index in [4.69, 9.17) is 11.6 Å². The van der Waals surface area contributed by atoms with E-state index in [2.05, 4.69) is 43.5 Å². The lowest BCUT2D eigenvalue weighted by Gasteiger charge is -2.26. The summed E-state index contributed by atoms with van der Waals surface area (Å²) in [5.74, 6) is 0. The maximum Gasteiger partial charge on any atom is 0.0406 e. The second kappa shape index (κ2) is 7.00. The zero-order chi connectivity index (χ0) is 12.7. The molecule has 2 nitrogen and oxygen atoms in total. The number of nitrogens with one attached hydrogen (secondary N) is 2. The fourth-order valence-corrected chi connectivity index (χ4v) is 1.88. The summed E-state index contributed by atoms with van der Waals surface area (Å²) in [5, 5.41) is 7.58. The number of rotatable bonds is 7. The van der Waals surface area contributed by atoms with Crippen LogP contribution >= 0.6 is 11.6 Å². The molecule has 0 spiro atoms. The minimum atomic E-state index is 0.136. The summed E-state index contributed by atoms with van der Waals surface area (Å²) < 4.78 is 0. The van der Waals surface area contributed by atoms with Gasteiger partial charge in [-0.1, -0.05) is 44.5 Å². The molecule has 1 rings (SSSR count). The maximum atomic E-state index is 5.90. The Bertz CT molecular complexity index is 319. The normalized spacial score (nSPS) is 11.8. The number of benzene rings is 1. The largest absolute Gasteiger partial charge is 0.316 e. The zero-order valence-electron chi connectivity index (χ0n) is 11.0. The average Bonchev–Trinajstić information content (AvgIpc) is 2.29. The van der Waals surface area contributed by atoms with Crippen molar-refractivity contribution in [1.29, 1.82) is 0 Å². The predicted molar refractivity (Wildman–Crippen MR) is 75.9 cm³/mol. The molecule has 3 heteroatoms. The Balaban J connectivity index is 2.42. The predicted octanol–water partition coefficient (Wildman–Crippen LogP) is 2.82. The fraction of sp³-hybridized carbons (Fsp3) is 0.571. The van der Waals surface area contributed by atoms with Crippen molar-refractivity contribution in [2.45, 2.75) is 26.2 Å². The van der Waals surface area contributed by atoms with Crippen molar-refractivity contribution in [2.75, 3.05) is 26.2 Å². The van der Waals surface area contributed by atoms with E-state index in [1.807, 2.05) is 12.1 Å². The van der Waals surface area contributed by atoms with Crippen molar-refractivity contribution in [2.24, 2.45) is 0 Å². The molecular weight excluding hydrogens is 232 g/mol. The Labute approximate surface area is 110 Å². The van der Waals surface area contributed by atoms with Crippen molar-refractivity contribution in [3.63, 3.8) is 0 Å². The molecule has 0 aliphatic rings. The van der Waals surface area contributed by atoms with Crippen molar-refractivity contribution < 1.29 is 0 Å². The van der Waals surface area contributed by atoms with Crippen LogP contribution in [0.5, 0.6) is 0 Å². The Morgan fingerprint density at radius 1 is 1.06 bits per heavy atom. The van der Waals surface area contributed by atoms with Crippen molar-refractivity contribution in [3.05, 3.63) is 34.9 Å². The van der Waals surface area contributed by atoms with E-state index < -0.39 is 0 Å². The molecule has 0 amide bonds. The van der Waals surface area contributed by atoms with Gasteiger partial charge in [0.2, 0.25) is 0 Å². The molecule has 0 unspecified atom stereocenters. The molecule has 0 saturated heterocycles. The van der Waals surface area contributed by atoms with Crippen molar-refractivity contribution in [3.8, 4) is 0 Å². The summed E-state index contributed by atoms with van der Waals surface area (Å²) in [5.41, 5.74) is 1.45. The van der Waals surface area contributed by atoms with Crippen molar-refractivity contribution in [1.82, 2.24) is 10.6 Å². The molecule has 0 atom stereocenters. The molecule has 96 valence electrons. The van der Waals surface area contributed by atoms with E-state index >= 15 is 0 Å². The van der Waals surface area contributed by atoms with Gasteiger partial charge in [0.25, 0.3) is 0 Å². The van der Waals surface area contributed by atoms with Gasteiger partial charge in [0, 0.05) is 30.1 Å². The lowest BCUT2D eigenvalue weighted by atomic mass is 9.84. The highest BCUT2D eigenvalue weighted by atomic mass is 35.5. The first-order valence-electron chi connectivity index (χ1n) is 6.24. The Morgan fingerprint density at radius 2 is 1.65 bits per heavy atom. The summed E-state index contributed by atoms with van der Waals surface area (Å²) in [7, 11) is 0. The SMILES string of the molecule is CCNCCNCC(C)(C)c1ccc(Cl)cc1. The summed E-state index contributed by atoms with van der Waals surface area (Å²) >= 11 is 5.90. The molecule has 0 aliphatic heterocycles. The molecule has 0 aromatic heterocycles. The molecule has 1 aromatic carbocycles. The van der Waals surface area contributed by atoms with E-state index in [0.717, 1.165) is 31.2 Å². The summed E-state index contributed by atoms with van der Waals surface area (Å²) in [6, 6.07) is 8.12. The number of hydrogen-bond acceptors (Lipinski definition) is 2. The van der Waals surface area contributed by atoms with Gasteiger partial charge in [0.1, 0.15) is 0 Å². The Kier molecular flexibility index (Phi) is 5.96. The first-order valence-corrected chi connectivity index (χ1v) is 6.61. The van der Waals surface area contributed by atoms with Gasteiger partial charge >= 0.3 is 0 Å². The molecule has 0 fully saturated rings. The van der Waals surface area contributed by atoms with E-state index in [9.17, 15) is 0 Å². The summed E-state index contributed by atoms with van der Waals surface area (Å²) in [6.45, 7) is 10.6. The smallest absolute Gasteiger partial charge is 0.0406 e. The fourth-order valence-electron chi connectivity index (χ4n) is 1.76. The van der Waals surface area contributed by atoms with E-state index in [-0.39, 0.29) is 5.41 Å². The van der Waals surface area contributed by atoms with E-state index in [1.54, 1.807) is 0 Å². The highest BCUT2D eigenvalue weighted by Gasteiger charge is 2.19. The van der Waals surface area contributed by atoms with Gasteiger partial charge in [-0.2, -0.15) is 0 Å². The average molecular weight is 255 g/mol. The summed E-state index contributed by atoms with van der Waals surface area (Å²) in [6.07, 6.45) is 0. The first-order chi connectivity index (χ1) is 8.06. The molecule has 0 bridgehead atoms. The second-order valence-corrected chi connectivity index (χ2v) is 5.36. The van der Waals surface area contributed by atoms with Crippen LogP contribution in [0.25, 0.3) is 0 Å². The molecule has 1 aromatic rings. The van der Waals surface area contributed by atoms with Crippen LogP contribution in [0.3, 0.4) is 0 Å². The highest BCUT2D eigenvalue weighted by Crippen LogP contribution is 2.23. The third kappa shape index (κ3) is 5.07. The van der Waals surface area contributed by atoms with Crippen LogP contribution in [-0.2, 0) is 5.41 Å². The third-order valence-corrected chi connectivity index (χ3v) is 3.17. The number of hydrogen-bond donors (Lipinski definition) is 2. The molecule has 17 heavy (non-hydrogen) atoms. The molecule has 2 N–H and O–H groups in total. The molecule has 0 saturated carbocycles. The zero-order valence-corrected chi connectivity index (χ0v) is 11.8. The van der Waals surface area contributed by atoms with Crippen LogP contribution in [0.4, 0.5) is 0 Å². The van der Waals surface area contributed by atoms with Crippen LogP contribution < -0.4 is 10.6 Å². The van der Waals surface area contributed by atoms with Gasteiger partial charge in [-0.15, -0.1) is 0 Å². The lowest BCUT2D eigenvalue weighted by Crippen LogP contribution is -2.36. The monoisotopic (exact) mass is 254 g/mol.